The van der Waals surface area contributed by atoms with Crippen LogP contribution in [0.2, 0.25) is 0 Å². The Kier molecular flexibility index (Phi) is 8.03. The van der Waals surface area contributed by atoms with Crippen molar-refractivity contribution in [1.82, 2.24) is 4.90 Å². The summed E-state index contributed by atoms with van der Waals surface area (Å²) in [5.74, 6) is -0.640. The first-order valence-electron chi connectivity index (χ1n) is 10.5. The van der Waals surface area contributed by atoms with Crippen LogP contribution in [-0.2, 0) is 24.3 Å². The first-order valence-corrected chi connectivity index (χ1v) is 12.0. The summed E-state index contributed by atoms with van der Waals surface area (Å²) in [7, 11) is -2.22. The van der Waals surface area contributed by atoms with Crippen molar-refractivity contribution < 1.29 is 22.7 Å². The fourth-order valence-electron chi connectivity index (χ4n) is 3.34. The quantitative estimate of drug-likeness (QED) is 0.520. The highest BCUT2D eigenvalue weighted by Crippen LogP contribution is 2.19. The molecule has 2 aromatic rings. The van der Waals surface area contributed by atoms with Gasteiger partial charge in [-0.25, -0.2) is 13.6 Å². The lowest BCUT2D eigenvalue weighted by Gasteiger charge is -2.29. The number of hydrogen-bond acceptors (Lipinski definition) is 7. The number of anilines is 3. The number of primary sulfonamides is 1. The highest BCUT2D eigenvalue weighted by Gasteiger charge is 2.21. The van der Waals surface area contributed by atoms with Crippen molar-refractivity contribution in [3.05, 3.63) is 48.5 Å². The molecule has 1 fully saturated rings. The van der Waals surface area contributed by atoms with Gasteiger partial charge in [0.05, 0.1) is 30.7 Å². The molecule has 0 aromatic heterocycles. The molecule has 0 spiro atoms. The Morgan fingerprint density at radius 1 is 1.09 bits per heavy atom. The topological polar surface area (TPSA) is 134 Å². The predicted molar refractivity (Wildman–Crippen MR) is 127 cm³/mol. The minimum Gasteiger partial charge on any atom is -0.378 e. The first kappa shape index (κ1) is 24.6. The van der Waals surface area contributed by atoms with Gasteiger partial charge in [0.1, 0.15) is 0 Å². The maximum absolute atomic E-state index is 12.6. The molecule has 0 saturated carbocycles. The number of sulfonamides is 1. The van der Waals surface area contributed by atoms with Crippen LogP contribution in [0, 0.1) is 0 Å². The van der Waals surface area contributed by atoms with Crippen LogP contribution in [0.15, 0.2) is 53.4 Å². The lowest BCUT2D eigenvalue weighted by atomic mass is 10.2. The van der Waals surface area contributed by atoms with Crippen LogP contribution < -0.4 is 20.7 Å². The van der Waals surface area contributed by atoms with Crippen molar-refractivity contribution in [2.45, 2.75) is 17.9 Å². The maximum atomic E-state index is 12.6. The summed E-state index contributed by atoms with van der Waals surface area (Å²) >= 11 is 0. The molecule has 11 heteroatoms. The molecule has 178 valence electrons. The van der Waals surface area contributed by atoms with Gasteiger partial charge in [0.2, 0.25) is 21.8 Å². The molecule has 0 radical (unpaired) electrons. The summed E-state index contributed by atoms with van der Waals surface area (Å²) in [6.07, 6.45) is 0. The number of amides is 2. The SMILES string of the molecule is CC(C(=O)Nc1cccc(S(N)(=O)=O)c1)N(C)CC(=O)Nc1ccc(N2CCOCC2)cc1. The predicted octanol–water partition coefficient (Wildman–Crippen LogP) is 1.07. The second-order valence-corrected chi connectivity index (χ2v) is 9.41. The van der Waals surface area contributed by atoms with E-state index in [9.17, 15) is 18.0 Å². The Labute approximate surface area is 193 Å². The van der Waals surface area contributed by atoms with Crippen LogP contribution >= 0.6 is 0 Å². The number of nitrogens with two attached hydrogens (primary N) is 1. The highest BCUT2D eigenvalue weighted by atomic mass is 32.2. The van der Waals surface area contributed by atoms with E-state index in [4.69, 9.17) is 9.88 Å². The second kappa shape index (κ2) is 10.8. The molecule has 2 aromatic carbocycles. The number of ether oxygens (including phenoxy) is 1. The van der Waals surface area contributed by atoms with Crippen molar-refractivity contribution in [3.8, 4) is 0 Å². The fraction of sp³-hybridized carbons (Fsp3) is 0.364. The third-order valence-electron chi connectivity index (χ3n) is 5.39. The molecule has 33 heavy (non-hydrogen) atoms. The smallest absolute Gasteiger partial charge is 0.241 e. The zero-order valence-corrected chi connectivity index (χ0v) is 19.5. The molecule has 1 atom stereocenters. The lowest BCUT2D eigenvalue weighted by Crippen LogP contribution is -2.43. The van der Waals surface area contributed by atoms with E-state index in [1.54, 1.807) is 24.9 Å². The number of carbonyl (C=O) groups is 2. The average molecular weight is 476 g/mol. The second-order valence-electron chi connectivity index (χ2n) is 7.85. The standard InChI is InChI=1S/C22H29N5O5S/c1-16(22(29)25-18-4-3-5-20(14-18)33(23,30)31)26(2)15-21(28)24-17-6-8-19(9-7-17)27-10-12-32-13-11-27/h3-9,14,16H,10-13,15H2,1-2H3,(H,24,28)(H,25,29)(H2,23,30,31). The minimum absolute atomic E-state index is 0.00296. The summed E-state index contributed by atoms with van der Waals surface area (Å²) in [5, 5.41) is 10.6. The molecule has 1 saturated heterocycles. The summed E-state index contributed by atoms with van der Waals surface area (Å²) in [6, 6.07) is 12.6. The van der Waals surface area contributed by atoms with Gasteiger partial charge < -0.3 is 20.3 Å². The van der Waals surface area contributed by atoms with Gasteiger partial charge in [0.25, 0.3) is 0 Å². The number of likely N-dealkylation sites (N-methyl/N-ethyl adjacent to an activating group) is 1. The van der Waals surface area contributed by atoms with Crippen LogP contribution in [0.5, 0.6) is 0 Å². The van der Waals surface area contributed by atoms with Crippen molar-refractivity contribution in [1.29, 1.82) is 0 Å². The number of rotatable bonds is 8. The van der Waals surface area contributed by atoms with E-state index in [0.29, 0.717) is 24.6 Å². The van der Waals surface area contributed by atoms with Gasteiger partial charge in [-0.2, -0.15) is 0 Å². The van der Waals surface area contributed by atoms with E-state index in [2.05, 4.69) is 15.5 Å². The van der Waals surface area contributed by atoms with Crippen molar-refractivity contribution in [3.63, 3.8) is 0 Å². The summed E-state index contributed by atoms with van der Waals surface area (Å²) in [5.41, 5.74) is 2.05. The number of nitrogens with zero attached hydrogens (tertiary/aromatic N) is 2. The van der Waals surface area contributed by atoms with Crippen LogP contribution in [0.3, 0.4) is 0 Å². The molecule has 1 aliphatic rings. The van der Waals surface area contributed by atoms with Gasteiger partial charge in [-0.3, -0.25) is 14.5 Å². The van der Waals surface area contributed by atoms with E-state index in [1.165, 1.54) is 18.2 Å². The largest absolute Gasteiger partial charge is 0.378 e. The summed E-state index contributed by atoms with van der Waals surface area (Å²) < 4.78 is 28.3. The summed E-state index contributed by atoms with van der Waals surface area (Å²) in [4.78, 5) is 28.7. The van der Waals surface area contributed by atoms with E-state index in [-0.39, 0.29) is 23.3 Å². The molecule has 1 unspecified atom stereocenters. The molecule has 4 N–H and O–H groups in total. The maximum Gasteiger partial charge on any atom is 0.241 e. The highest BCUT2D eigenvalue weighted by molar-refractivity contribution is 7.89. The Morgan fingerprint density at radius 3 is 2.39 bits per heavy atom. The number of morpholine rings is 1. The third kappa shape index (κ3) is 6.99. The van der Waals surface area contributed by atoms with Crippen molar-refractivity contribution >= 4 is 38.9 Å². The monoisotopic (exact) mass is 475 g/mol. The molecule has 2 amide bonds. The molecular formula is C22H29N5O5S. The van der Waals surface area contributed by atoms with Gasteiger partial charge in [0, 0.05) is 30.2 Å². The van der Waals surface area contributed by atoms with Gasteiger partial charge in [-0.05, 0) is 56.4 Å². The number of benzene rings is 2. The fourth-order valence-corrected chi connectivity index (χ4v) is 3.90. The zero-order chi connectivity index (χ0) is 24.0. The molecule has 0 aliphatic carbocycles. The number of carbonyl (C=O) groups excluding carboxylic acids is 2. The first-order chi connectivity index (χ1) is 15.6. The van der Waals surface area contributed by atoms with Crippen molar-refractivity contribution in [2.75, 3.05) is 55.4 Å². The minimum atomic E-state index is -3.88. The Morgan fingerprint density at radius 2 is 1.76 bits per heavy atom. The molecule has 1 heterocycles. The van der Waals surface area contributed by atoms with Gasteiger partial charge in [-0.1, -0.05) is 6.07 Å². The molecule has 10 nitrogen and oxygen atoms in total. The van der Waals surface area contributed by atoms with Crippen molar-refractivity contribution in [2.24, 2.45) is 5.14 Å². The Bertz CT molecular complexity index is 1080. The molecular weight excluding hydrogens is 446 g/mol. The van der Waals surface area contributed by atoms with Gasteiger partial charge in [-0.15, -0.1) is 0 Å². The lowest BCUT2D eigenvalue weighted by molar-refractivity contribution is -0.122. The Hall–Kier alpha value is -2.99. The van der Waals surface area contributed by atoms with E-state index in [0.717, 1.165) is 18.8 Å². The average Bonchev–Trinajstić information content (AvgIpc) is 2.79. The van der Waals surface area contributed by atoms with Crippen LogP contribution in [0.4, 0.5) is 17.1 Å². The molecule has 3 rings (SSSR count). The van der Waals surface area contributed by atoms with Crippen LogP contribution in [-0.4, -0.2) is 71.1 Å². The van der Waals surface area contributed by atoms with Crippen LogP contribution in [0.1, 0.15) is 6.92 Å². The Balaban J connectivity index is 1.52. The number of hydrogen-bond donors (Lipinski definition) is 3. The van der Waals surface area contributed by atoms with Crippen LogP contribution in [0.25, 0.3) is 0 Å². The molecule has 1 aliphatic heterocycles. The van der Waals surface area contributed by atoms with Gasteiger partial charge >= 0.3 is 0 Å². The molecule has 0 bridgehead atoms. The van der Waals surface area contributed by atoms with E-state index in [1.807, 2.05) is 24.3 Å². The van der Waals surface area contributed by atoms with Gasteiger partial charge in [0.15, 0.2) is 0 Å². The van der Waals surface area contributed by atoms with E-state index >= 15 is 0 Å². The third-order valence-corrected chi connectivity index (χ3v) is 6.30. The van der Waals surface area contributed by atoms with E-state index < -0.39 is 16.1 Å². The summed E-state index contributed by atoms with van der Waals surface area (Å²) in [6.45, 7) is 4.73. The number of nitrogens with one attached hydrogen (secondary N) is 2. The normalized spacial score (nSPS) is 15.2. The zero-order valence-electron chi connectivity index (χ0n) is 18.7.